The van der Waals surface area contributed by atoms with Crippen molar-refractivity contribution in [2.75, 3.05) is 39.4 Å². The van der Waals surface area contributed by atoms with Crippen molar-refractivity contribution in [1.82, 2.24) is 14.8 Å². The van der Waals surface area contributed by atoms with Crippen molar-refractivity contribution in [2.24, 2.45) is 0 Å². The molecule has 1 aliphatic heterocycles. The van der Waals surface area contributed by atoms with Gasteiger partial charge in [-0.05, 0) is 32.4 Å². The van der Waals surface area contributed by atoms with Crippen LogP contribution in [0, 0.1) is 13.8 Å². The van der Waals surface area contributed by atoms with Crippen molar-refractivity contribution in [3.63, 3.8) is 0 Å². The highest BCUT2D eigenvalue weighted by Crippen LogP contribution is 2.19. The van der Waals surface area contributed by atoms with E-state index in [1.165, 1.54) is 0 Å². The van der Waals surface area contributed by atoms with Crippen LogP contribution in [0.3, 0.4) is 0 Å². The van der Waals surface area contributed by atoms with E-state index in [9.17, 15) is 14.4 Å². The lowest BCUT2D eigenvalue weighted by Crippen LogP contribution is -2.51. The molecular weight excluding hydrogens is 362 g/mol. The summed E-state index contributed by atoms with van der Waals surface area (Å²) in [6.07, 6.45) is -0.386. The zero-order valence-electron chi connectivity index (χ0n) is 15.1. The molecule has 1 aliphatic rings. The summed E-state index contributed by atoms with van der Waals surface area (Å²) in [7, 11) is 0. The van der Waals surface area contributed by atoms with Crippen LogP contribution in [0.1, 0.15) is 28.5 Å². The number of ether oxygens (including phenoxy) is 2. The SMILES string of the molecule is CCOC(=O)N1CCN(C(=O)COC(=O)c2c(C)cc(C)nc2Cl)CC1. The number of rotatable bonds is 4. The molecule has 0 aromatic carbocycles. The second kappa shape index (κ2) is 8.84. The number of hydrogen-bond donors (Lipinski definition) is 0. The van der Waals surface area contributed by atoms with E-state index in [0.717, 1.165) is 0 Å². The first kappa shape index (κ1) is 20.0. The molecule has 0 N–H and O–H groups in total. The summed E-state index contributed by atoms with van der Waals surface area (Å²) < 4.78 is 10.0. The Labute approximate surface area is 157 Å². The molecule has 0 radical (unpaired) electrons. The third-order valence-electron chi connectivity index (χ3n) is 3.99. The van der Waals surface area contributed by atoms with Crippen LogP contribution >= 0.6 is 11.6 Å². The summed E-state index contributed by atoms with van der Waals surface area (Å²) in [6, 6.07) is 1.72. The van der Waals surface area contributed by atoms with Crippen molar-refractivity contribution >= 4 is 29.6 Å². The highest BCUT2D eigenvalue weighted by atomic mass is 35.5. The van der Waals surface area contributed by atoms with Crippen LogP contribution in [-0.2, 0) is 14.3 Å². The fourth-order valence-electron chi connectivity index (χ4n) is 2.68. The number of amides is 2. The first-order valence-corrected chi connectivity index (χ1v) is 8.71. The first-order valence-electron chi connectivity index (χ1n) is 8.33. The maximum Gasteiger partial charge on any atom is 0.409 e. The molecule has 2 heterocycles. The lowest BCUT2D eigenvalue weighted by atomic mass is 10.1. The smallest absolute Gasteiger partial charge is 0.409 e. The predicted octanol–water partition coefficient (Wildman–Crippen LogP) is 1.81. The monoisotopic (exact) mass is 383 g/mol. The Balaban J connectivity index is 1.86. The molecule has 142 valence electrons. The van der Waals surface area contributed by atoms with Gasteiger partial charge in [0, 0.05) is 31.9 Å². The number of piperazine rings is 1. The number of halogens is 1. The van der Waals surface area contributed by atoms with Gasteiger partial charge < -0.3 is 19.3 Å². The number of pyridine rings is 1. The van der Waals surface area contributed by atoms with Gasteiger partial charge in [0.05, 0.1) is 12.2 Å². The lowest BCUT2D eigenvalue weighted by molar-refractivity contribution is -0.136. The third-order valence-corrected chi connectivity index (χ3v) is 4.26. The van der Waals surface area contributed by atoms with Gasteiger partial charge in [-0.15, -0.1) is 0 Å². The lowest BCUT2D eigenvalue weighted by Gasteiger charge is -2.33. The van der Waals surface area contributed by atoms with Crippen LogP contribution in [0.2, 0.25) is 5.15 Å². The van der Waals surface area contributed by atoms with E-state index < -0.39 is 5.97 Å². The molecule has 1 aromatic heterocycles. The molecule has 8 nitrogen and oxygen atoms in total. The van der Waals surface area contributed by atoms with Crippen molar-refractivity contribution in [1.29, 1.82) is 0 Å². The number of aromatic nitrogens is 1. The van der Waals surface area contributed by atoms with Crippen LogP contribution in [0.5, 0.6) is 0 Å². The van der Waals surface area contributed by atoms with E-state index in [2.05, 4.69) is 4.98 Å². The second-order valence-electron chi connectivity index (χ2n) is 5.89. The van der Waals surface area contributed by atoms with E-state index in [1.54, 1.807) is 36.6 Å². The van der Waals surface area contributed by atoms with Gasteiger partial charge >= 0.3 is 12.1 Å². The first-order chi connectivity index (χ1) is 12.3. The Hall–Kier alpha value is -2.35. The Morgan fingerprint density at radius 3 is 2.31 bits per heavy atom. The van der Waals surface area contributed by atoms with Gasteiger partial charge in [0.1, 0.15) is 5.15 Å². The van der Waals surface area contributed by atoms with Crippen molar-refractivity contribution in [3.8, 4) is 0 Å². The molecule has 0 saturated carbocycles. The topological polar surface area (TPSA) is 89.0 Å². The van der Waals surface area contributed by atoms with Crippen LogP contribution < -0.4 is 0 Å². The van der Waals surface area contributed by atoms with Gasteiger partial charge in [0.2, 0.25) is 0 Å². The van der Waals surface area contributed by atoms with Gasteiger partial charge in [-0.3, -0.25) is 4.79 Å². The zero-order valence-corrected chi connectivity index (χ0v) is 15.8. The average Bonchev–Trinajstić information content (AvgIpc) is 2.59. The van der Waals surface area contributed by atoms with E-state index in [-0.39, 0.29) is 29.3 Å². The number of nitrogens with zero attached hydrogens (tertiary/aromatic N) is 3. The largest absolute Gasteiger partial charge is 0.452 e. The predicted molar refractivity (Wildman–Crippen MR) is 94.2 cm³/mol. The van der Waals surface area contributed by atoms with E-state index in [4.69, 9.17) is 21.1 Å². The zero-order chi connectivity index (χ0) is 19.3. The van der Waals surface area contributed by atoms with Crippen molar-refractivity contribution < 1.29 is 23.9 Å². The van der Waals surface area contributed by atoms with Crippen molar-refractivity contribution in [3.05, 3.63) is 28.0 Å². The molecular formula is C17H22ClN3O5. The second-order valence-corrected chi connectivity index (χ2v) is 6.25. The van der Waals surface area contributed by atoms with Crippen molar-refractivity contribution in [2.45, 2.75) is 20.8 Å². The Bertz CT molecular complexity index is 679. The van der Waals surface area contributed by atoms with Crippen LogP contribution in [0.25, 0.3) is 0 Å². The average molecular weight is 384 g/mol. The quantitative estimate of drug-likeness (QED) is 0.582. The maximum atomic E-state index is 12.2. The third kappa shape index (κ3) is 4.85. The minimum atomic E-state index is -0.682. The molecule has 1 saturated heterocycles. The minimum absolute atomic E-state index is 0.0583. The molecule has 0 bridgehead atoms. The summed E-state index contributed by atoms with van der Waals surface area (Å²) in [5.41, 5.74) is 1.50. The number of carbonyl (C=O) groups excluding carboxylic acids is 3. The van der Waals surface area contributed by atoms with Gasteiger partial charge in [-0.2, -0.15) is 0 Å². The van der Waals surface area contributed by atoms with E-state index in [0.29, 0.717) is 44.0 Å². The van der Waals surface area contributed by atoms with Gasteiger partial charge in [-0.1, -0.05) is 11.6 Å². The molecule has 0 atom stereocenters. The molecule has 2 rings (SSSR count). The van der Waals surface area contributed by atoms with Crippen LogP contribution in [0.15, 0.2) is 6.07 Å². The Morgan fingerprint density at radius 2 is 1.73 bits per heavy atom. The highest BCUT2D eigenvalue weighted by Gasteiger charge is 2.26. The number of hydrogen-bond acceptors (Lipinski definition) is 6. The Kier molecular flexibility index (Phi) is 6.79. The number of aryl methyl sites for hydroxylation is 2. The maximum absolute atomic E-state index is 12.2. The van der Waals surface area contributed by atoms with E-state index in [1.807, 2.05) is 0 Å². The van der Waals surface area contributed by atoms with Crippen LogP contribution in [0.4, 0.5) is 4.79 Å². The molecule has 1 fully saturated rings. The fourth-order valence-corrected chi connectivity index (χ4v) is 3.04. The molecule has 1 aromatic rings. The molecule has 2 amide bonds. The van der Waals surface area contributed by atoms with Gasteiger partial charge in [0.25, 0.3) is 5.91 Å². The standard InChI is InChI=1S/C17H22ClN3O5/c1-4-25-17(24)21-7-5-20(6-8-21)13(22)10-26-16(23)14-11(2)9-12(3)19-15(14)18/h9H,4-8,10H2,1-3H3. The molecule has 9 heteroatoms. The summed E-state index contributed by atoms with van der Waals surface area (Å²) in [6.45, 7) is 6.65. The number of esters is 1. The Morgan fingerprint density at radius 1 is 1.12 bits per heavy atom. The highest BCUT2D eigenvalue weighted by molar-refractivity contribution is 6.32. The van der Waals surface area contributed by atoms with Gasteiger partial charge in [0.15, 0.2) is 6.61 Å². The molecule has 26 heavy (non-hydrogen) atoms. The summed E-state index contributed by atoms with van der Waals surface area (Å²) in [4.78, 5) is 43.2. The van der Waals surface area contributed by atoms with E-state index >= 15 is 0 Å². The number of carbonyl (C=O) groups is 3. The summed E-state index contributed by atoms with van der Waals surface area (Å²) in [5, 5.41) is 0.0583. The van der Waals surface area contributed by atoms with Gasteiger partial charge in [-0.25, -0.2) is 14.6 Å². The molecule has 0 spiro atoms. The summed E-state index contributed by atoms with van der Waals surface area (Å²) >= 11 is 6.01. The summed E-state index contributed by atoms with van der Waals surface area (Å²) in [5.74, 6) is -1.01. The molecule has 0 aliphatic carbocycles. The fraction of sp³-hybridized carbons (Fsp3) is 0.529. The molecule has 0 unspecified atom stereocenters. The minimum Gasteiger partial charge on any atom is -0.452 e. The normalized spacial score (nSPS) is 14.2. The van der Waals surface area contributed by atoms with Crippen LogP contribution in [-0.4, -0.2) is 72.1 Å².